The van der Waals surface area contributed by atoms with E-state index >= 15 is 0 Å². The van der Waals surface area contributed by atoms with Gasteiger partial charge in [0.2, 0.25) is 5.91 Å². The Kier molecular flexibility index (Phi) is 7.15. The molecule has 0 spiro atoms. The Morgan fingerprint density at radius 3 is 2.53 bits per heavy atom. The van der Waals surface area contributed by atoms with Gasteiger partial charge >= 0.3 is 0 Å². The van der Waals surface area contributed by atoms with Gasteiger partial charge in [0.15, 0.2) is 0 Å². The van der Waals surface area contributed by atoms with E-state index in [2.05, 4.69) is 36.5 Å². The maximum absolute atomic E-state index is 11.6. The average Bonchev–Trinajstić information content (AvgIpc) is 2.43. The second-order valence-corrected chi connectivity index (χ2v) is 4.43. The Bertz CT molecular complexity index is 375. The molecule has 0 aromatic heterocycles. The number of amides is 1. The second kappa shape index (κ2) is 8.67. The van der Waals surface area contributed by atoms with Crippen molar-refractivity contribution >= 4 is 5.91 Å². The Morgan fingerprint density at radius 1 is 1.26 bits per heavy atom. The quantitative estimate of drug-likeness (QED) is 0.732. The van der Waals surface area contributed by atoms with Crippen molar-refractivity contribution < 1.29 is 14.3 Å². The normalized spacial score (nSPS) is 12.2. The van der Waals surface area contributed by atoms with Gasteiger partial charge in [-0.25, -0.2) is 0 Å². The first kappa shape index (κ1) is 15.7. The Balaban J connectivity index is 2.36. The number of benzene rings is 1. The number of carbonyl (C=O) groups is 1. The highest BCUT2D eigenvalue weighted by Gasteiger charge is 2.09. The summed E-state index contributed by atoms with van der Waals surface area (Å²) in [4.78, 5) is 11.6. The number of ether oxygens (including phenoxy) is 2. The summed E-state index contributed by atoms with van der Waals surface area (Å²) in [6, 6.07) is 8.27. The van der Waals surface area contributed by atoms with Crippen LogP contribution in [-0.2, 0) is 20.7 Å². The van der Waals surface area contributed by atoms with Gasteiger partial charge in [0.25, 0.3) is 0 Å². The van der Waals surface area contributed by atoms with Crippen LogP contribution in [0.25, 0.3) is 0 Å². The first-order valence-electron chi connectivity index (χ1n) is 6.62. The predicted octanol–water partition coefficient (Wildman–Crippen LogP) is 2.09. The van der Waals surface area contributed by atoms with Gasteiger partial charge in [0, 0.05) is 7.11 Å². The molecule has 1 amide bonds. The summed E-state index contributed by atoms with van der Waals surface area (Å²) < 4.78 is 10.0. The molecule has 4 nitrogen and oxygen atoms in total. The summed E-state index contributed by atoms with van der Waals surface area (Å²) in [5.41, 5.74) is 2.40. The predicted molar refractivity (Wildman–Crippen MR) is 75.1 cm³/mol. The SMILES string of the molecule is CCc1ccc(C(C)NC(=O)COCCOC)cc1. The molecule has 19 heavy (non-hydrogen) atoms. The molecule has 0 aliphatic carbocycles. The maximum atomic E-state index is 11.6. The summed E-state index contributed by atoms with van der Waals surface area (Å²) in [5, 5.41) is 2.91. The molecule has 0 bridgehead atoms. The molecule has 0 aliphatic rings. The van der Waals surface area contributed by atoms with Crippen LogP contribution < -0.4 is 5.32 Å². The molecule has 4 heteroatoms. The Morgan fingerprint density at radius 2 is 1.95 bits per heavy atom. The molecule has 1 aromatic carbocycles. The number of hydrogen-bond donors (Lipinski definition) is 1. The van der Waals surface area contributed by atoms with Crippen LogP contribution in [0, 0.1) is 0 Å². The van der Waals surface area contributed by atoms with Crippen molar-refractivity contribution in [2.24, 2.45) is 0 Å². The number of hydrogen-bond acceptors (Lipinski definition) is 3. The average molecular weight is 265 g/mol. The maximum Gasteiger partial charge on any atom is 0.246 e. The van der Waals surface area contributed by atoms with Gasteiger partial charge in [-0.2, -0.15) is 0 Å². The van der Waals surface area contributed by atoms with Gasteiger partial charge in [-0.3, -0.25) is 4.79 Å². The molecule has 0 aliphatic heterocycles. The van der Waals surface area contributed by atoms with Crippen molar-refractivity contribution in [3.05, 3.63) is 35.4 Å². The first-order chi connectivity index (χ1) is 9.17. The lowest BCUT2D eigenvalue weighted by Crippen LogP contribution is -2.30. The van der Waals surface area contributed by atoms with Crippen LogP contribution >= 0.6 is 0 Å². The van der Waals surface area contributed by atoms with Crippen LogP contribution in [0.3, 0.4) is 0 Å². The number of rotatable bonds is 8. The van der Waals surface area contributed by atoms with Gasteiger partial charge < -0.3 is 14.8 Å². The van der Waals surface area contributed by atoms with Crippen LogP contribution in [0.2, 0.25) is 0 Å². The van der Waals surface area contributed by atoms with Gasteiger partial charge in [0.05, 0.1) is 19.3 Å². The summed E-state index contributed by atoms with van der Waals surface area (Å²) in [5.74, 6) is -0.108. The number of carbonyl (C=O) groups excluding carboxylic acids is 1. The second-order valence-electron chi connectivity index (χ2n) is 4.43. The third-order valence-electron chi connectivity index (χ3n) is 2.93. The van der Waals surface area contributed by atoms with Gasteiger partial charge in [-0.15, -0.1) is 0 Å². The molecule has 1 N–H and O–H groups in total. The van der Waals surface area contributed by atoms with Gasteiger partial charge in [-0.05, 0) is 24.5 Å². The molecular formula is C15H23NO3. The van der Waals surface area contributed by atoms with Crippen LogP contribution in [0.4, 0.5) is 0 Å². The summed E-state index contributed by atoms with van der Waals surface area (Å²) in [6.45, 7) is 5.09. The fraction of sp³-hybridized carbons (Fsp3) is 0.533. The molecule has 1 aromatic rings. The molecular weight excluding hydrogens is 242 g/mol. The lowest BCUT2D eigenvalue weighted by Gasteiger charge is -2.14. The number of nitrogens with one attached hydrogen (secondary N) is 1. The van der Waals surface area contributed by atoms with E-state index in [1.54, 1.807) is 7.11 Å². The lowest BCUT2D eigenvalue weighted by atomic mass is 10.1. The van der Waals surface area contributed by atoms with E-state index in [-0.39, 0.29) is 18.6 Å². The monoisotopic (exact) mass is 265 g/mol. The van der Waals surface area contributed by atoms with E-state index in [0.717, 1.165) is 12.0 Å². The topological polar surface area (TPSA) is 47.6 Å². The fourth-order valence-corrected chi connectivity index (χ4v) is 1.72. The summed E-state index contributed by atoms with van der Waals surface area (Å²) in [7, 11) is 1.60. The van der Waals surface area contributed by atoms with Crippen molar-refractivity contribution in [2.75, 3.05) is 26.9 Å². The smallest absolute Gasteiger partial charge is 0.246 e. The van der Waals surface area contributed by atoms with Crippen LogP contribution in [0.15, 0.2) is 24.3 Å². The van der Waals surface area contributed by atoms with Crippen molar-refractivity contribution in [3.8, 4) is 0 Å². The van der Waals surface area contributed by atoms with Crippen molar-refractivity contribution in [2.45, 2.75) is 26.3 Å². The highest BCUT2D eigenvalue weighted by molar-refractivity contribution is 5.77. The van der Waals surface area contributed by atoms with E-state index in [9.17, 15) is 4.79 Å². The number of aryl methyl sites for hydroxylation is 1. The highest BCUT2D eigenvalue weighted by Crippen LogP contribution is 2.13. The molecule has 0 heterocycles. The largest absolute Gasteiger partial charge is 0.382 e. The molecule has 0 radical (unpaired) electrons. The lowest BCUT2D eigenvalue weighted by molar-refractivity contribution is -0.126. The summed E-state index contributed by atoms with van der Waals surface area (Å²) in [6.07, 6.45) is 1.02. The van der Waals surface area contributed by atoms with E-state index < -0.39 is 0 Å². The highest BCUT2D eigenvalue weighted by atomic mass is 16.5. The minimum atomic E-state index is -0.108. The van der Waals surface area contributed by atoms with Crippen LogP contribution in [0.5, 0.6) is 0 Å². The minimum absolute atomic E-state index is 0.00979. The molecule has 1 atom stereocenters. The third-order valence-corrected chi connectivity index (χ3v) is 2.93. The molecule has 0 fully saturated rings. The van der Waals surface area contributed by atoms with Crippen molar-refractivity contribution in [1.29, 1.82) is 0 Å². The van der Waals surface area contributed by atoms with E-state index in [1.165, 1.54) is 5.56 Å². The molecule has 1 unspecified atom stereocenters. The first-order valence-corrected chi connectivity index (χ1v) is 6.62. The standard InChI is InChI=1S/C15H23NO3/c1-4-13-5-7-14(8-6-13)12(2)16-15(17)11-19-10-9-18-3/h5-8,12H,4,9-11H2,1-3H3,(H,16,17). The Hall–Kier alpha value is -1.39. The molecule has 106 valence electrons. The zero-order valence-corrected chi connectivity index (χ0v) is 11.9. The van der Waals surface area contributed by atoms with Crippen LogP contribution in [-0.4, -0.2) is 32.8 Å². The van der Waals surface area contributed by atoms with Crippen molar-refractivity contribution in [3.63, 3.8) is 0 Å². The van der Waals surface area contributed by atoms with E-state index in [4.69, 9.17) is 9.47 Å². The summed E-state index contributed by atoms with van der Waals surface area (Å²) >= 11 is 0. The van der Waals surface area contributed by atoms with Crippen molar-refractivity contribution in [1.82, 2.24) is 5.32 Å². The zero-order chi connectivity index (χ0) is 14.1. The van der Waals surface area contributed by atoms with Crippen LogP contribution in [0.1, 0.15) is 31.0 Å². The van der Waals surface area contributed by atoms with E-state index in [0.29, 0.717) is 13.2 Å². The van der Waals surface area contributed by atoms with E-state index in [1.807, 2.05) is 6.92 Å². The Labute approximate surface area is 115 Å². The van der Waals surface area contributed by atoms with Gasteiger partial charge in [0.1, 0.15) is 6.61 Å². The molecule has 1 rings (SSSR count). The minimum Gasteiger partial charge on any atom is -0.382 e. The zero-order valence-electron chi connectivity index (χ0n) is 11.9. The third kappa shape index (κ3) is 5.85. The fourth-order valence-electron chi connectivity index (χ4n) is 1.72. The molecule has 0 saturated carbocycles. The van der Waals surface area contributed by atoms with Gasteiger partial charge in [-0.1, -0.05) is 31.2 Å². The number of methoxy groups -OCH3 is 1. The molecule has 0 saturated heterocycles.